The quantitative estimate of drug-likeness (QED) is 0.179. The third-order valence-electron chi connectivity index (χ3n) is 10.4. The van der Waals surface area contributed by atoms with E-state index in [9.17, 15) is 32.0 Å². The van der Waals surface area contributed by atoms with Gasteiger partial charge in [0.25, 0.3) is 0 Å². The second-order valence-electron chi connectivity index (χ2n) is 13.1. The van der Waals surface area contributed by atoms with Gasteiger partial charge in [-0.25, -0.2) is 13.8 Å². The zero-order chi connectivity index (χ0) is 35.7. The summed E-state index contributed by atoms with van der Waals surface area (Å²) in [5.74, 6) is -0.959. The molecular formula is C34H33F5N8O2S. The zero-order valence-electron chi connectivity index (χ0n) is 27.2. The number of alkyl halides is 4. The van der Waals surface area contributed by atoms with E-state index in [1.54, 1.807) is 16.8 Å². The van der Waals surface area contributed by atoms with Crippen LogP contribution in [-0.4, -0.2) is 87.7 Å². The topological polar surface area (TPSA) is 125 Å². The van der Waals surface area contributed by atoms with Crippen molar-refractivity contribution < 1.29 is 31.5 Å². The van der Waals surface area contributed by atoms with Crippen LogP contribution in [0.15, 0.2) is 30.9 Å². The number of carbonyl (C=O) groups excluding carboxylic acids is 1. The van der Waals surface area contributed by atoms with Crippen molar-refractivity contribution in [3.05, 3.63) is 47.9 Å². The second kappa shape index (κ2) is 12.3. The smallest absolute Gasteiger partial charge is 0.433 e. The number of fused-ring (bicyclic) bond motifs is 3. The molecule has 0 spiro atoms. The Bertz CT molecular complexity index is 2080. The van der Waals surface area contributed by atoms with E-state index in [-0.39, 0.29) is 80.1 Å². The van der Waals surface area contributed by atoms with Crippen molar-refractivity contribution in [3.8, 4) is 23.2 Å². The van der Waals surface area contributed by atoms with Crippen LogP contribution in [0.4, 0.5) is 32.8 Å². The Labute approximate surface area is 287 Å². The molecule has 3 fully saturated rings. The molecule has 0 radical (unpaired) electrons. The summed E-state index contributed by atoms with van der Waals surface area (Å²) >= 11 is 0.770. The van der Waals surface area contributed by atoms with E-state index < -0.39 is 35.0 Å². The van der Waals surface area contributed by atoms with Crippen molar-refractivity contribution in [1.29, 1.82) is 5.26 Å². The molecule has 0 unspecified atom stereocenters. The van der Waals surface area contributed by atoms with Crippen molar-refractivity contribution in [2.75, 3.05) is 43.9 Å². The van der Waals surface area contributed by atoms with Gasteiger partial charge in [-0.3, -0.25) is 9.69 Å². The summed E-state index contributed by atoms with van der Waals surface area (Å²) in [6, 6.07) is 4.43. The van der Waals surface area contributed by atoms with Crippen molar-refractivity contribution in [3.63, 3.8) is 0 Å². The summed E-state index contributed by atoms with van der Waals surface area (Å²) in [4.78, 5) is 31.2. The summed E-state index contributed by atoms with van der Waals surface area (Å²) < 4.78 is 80.4. The third-order valence-corrected chi connectivity index (χ3v) is 11.4. The van der Waals surface area contributed by atoms with E-state index >= 15 is 0 Å². The van der Waals surface area contributed by atoms with Crippen LogP contribution in [0, 0.1) is 17.1 Å². The van der Waals surface area contributed by atoms with Crippen molar-refractivity contribution in [2.45, 2.75) is 62.6 Å². The number of benzene rings is 1. The first kappa shape index (κ1) is 33.9. The Balaban J connectivity index is 1.41. The number of likely N-dealkylation sites (tertiary alicyclic amines) is 1. The minimum absolute atomic E-state index is 0.000670. The van der Waals surface area contributed by atoms with Crippen molar-refractivity contribution >= 4 is 49.2 Å². The van der Waals surface area contributed by atoms with Gasteiger partial charge in [-0.1, -0.05) is 12.6 Å². The van der Waals surface area contributed by atoms with E-state index in [0.29, 0.717) is 25.9 Å². The maximum absolute atomic E-state index is 14.9. The molecule has 50 heavy (non-hydrogen) atoms. The average molecular weight is 713 g/mol. The zero-order valence-corrected chi connectivity index (χ0v) is 28.0. The number of nitriles is 1. The Morgan fingerprint density at radius 3 is 2.78 bits per heavy atom. The van der Waals surface area contributed by atoms with E-state index in [4.69, 9.17) is 10.5 Å². The number of hydrogen-bond acceptors (Lipinski definition) is 10. The highest BCUT2D eigenvalue weighted by molar-refractivity contribution is 7.23. The van der Waals surface area contributed by atoms with Gasteiger partial charge < -0.3 is 20.3 Å². The Kier molecular flexibility index (Phi) is 8.33. The van der Waals surface area contributed by atoms with Gasteiger partial charge in [-0.2, -0.15) is 28.4 Å². The number of nitrogen functional groups attached to an aromatic ring is 1. The lowest BCUT2D eigenvalue weighted by Gasteiger charge is -2.32. The Morgan fingerprint density at radius 1 is 1.28 bits per heavy atom. The number of rotatable bonds is 7. The van der Waals surface area contributed by atoms with Crippen LogP contribution >= 0.6 is 11.3 Å². The van der Waals surface area contributed by atoms with Gasteiger partial charge in [0, 0.05) is 43.5 Å². The number of carbonyl (C=O) groups is 1. The summed E-state index contributed by atoms with van der Waals surface area (Å²) in [5, 5.41) is 9.75. The standard InChI is InChI=1S/C34H33F5N8O2S/c1-4-25(48)47-11-8-24(17(47)2)45(3)31-27-23(42-32(44-31)49-16-33-9-5-10-46(33)15-18(35)13-33)12-20(29(43-27)34(37,38)39)19-6-7-22(36)28-26(19)21(14-40)30(41)50-28/h4,6-7,12,17-18,24H,1,5,8-11,13,15-16,41H2,2-3H3/t17-,18-,24-,33+/m1/s1. The molecule has 262 valence electrons. The minimum Gasteiger partial charge on any atom is -0.461 e. The third kappa shape index (κ3) is 5.47. The van der Waals surface area contributed by atoms with Crippen LogP contribution in [0.2, 0.25) is 0 Å². The van der Waals surface area contributed by atoms with Gasteiger partial charge in [-0.05, 0) is 56.5 Å². The SMILES string of the molecule is C=CC(=O)N1CC[C@@H](N(C)c2nc(OC[C@@]34CCCN3C[C@H](F)C4)nc3cc(-c4ccc(F)c5sc(N)c(C#N)c45)c(C(F)(F)F)nc23)[C@H]1C. The molecule has 0 saturated carbocycles. The maximum atomic E-state index is 14.9. The normalized spacial score (nSPS) is 23.8. The van der Waals surface area contributed by atoms with E-state index in [1.165, 1.54) is 18.2 Å². The highest BCUT2D eigenvalue weighted by Crippen LogP contribution is 2.46. The van der Waals surface area contributed by atoms with Gasteiger partial charge in [0.05, 0.1) is 27.4 Å². The number of amides is 1. The highest BCUT2D eigenvalue weighted by atomic mass is 32.1. The van der Waals surface area contributed by atoms with Crippen molar-refractivity contribution in [1.82, 2.24) is 24.8 Å². The molecular weight excluding hydrogens is 679 g/mol. The first-order valence-corrected chi connectivity index (χ1v) is 17.0. The molecule has 6 heterocycles. The monoisotopic (exact) mass is 712 g/mol. The van der Waals surface area contributed by atoms with E-state index in [0.717, 1.165) is 30.4 Å². The van der Waals surface area contributed by atoms with Crippen LogP contribution in [0.25, 0.3) is 32.2 Å². The van der Waals surface area contributed by atoms with Gasteiger partial charge in [0.1, 0.15) is 35.2 Å². The molecule has 3 aliphatic heterocycles. The van der Waals surface area contributed by atoms with E-state index in [1.807, 2.05) is 13.0 Å². The first-order valence-electron chi connectivity index (χ1n) is 16.1. The number of pyridine rings is 1. The molecule has 3 aromatic heterocycles. The van der Waals surface area contributed by atoms with Gasteiger partial charge >= 0.3 is 12.2 Å². The Hall–Kier alpha value is -4.62. The van der Waals surface area contributed by atoms with E-state index in [2.05, 4.69) is 26.4 Å². The van der Waals surface area contributed by atoms with Crippen LogP contribution in [0.5, 0.6) is 6.01 Å². The summed E-state index contributed by atoms with van der Waals surface area (Å²) in [6.45, 7) is 6.90. The highest BCUT2D eigenvalue weighted by Gasteiger charge is 2.49. The number of halogens is 5. The number of nitrogens with zero attached hydrogens (tertiary/aromatic N) is 7. The first-order chi connectivity index (χ1) is 23.8. The molecule has 0 bridgehead atoms. The Morgan fingerprint density at radius 2 is 2.06 bits per heavy atom. The predicted octanol–water partition coefficient (Wildman–Crippen LogP) is 6.09. The largest absolute Gasteiger partial charge is 0.461 e. The molecule has 1 amide bonds. The average Bonchev–Trinajstić information content (AvgIpc) is 3.82. The van der Waals surface area contributed by atoms with Crippen LogP contribution in [-0.2, 0) is 11.0 Å². The molecule has 4 aromatic rings. The molecule has 1 aromatic carbocycles. The summed E-state index contributed by atoms with van der Waals surface area (Å²) in [7, 11) is 1.66. The van der Waals surface area contributed by atoms with Crippen LogP contribution in [0.1, 0.15) is 43.9 Å². The molecule has 10 nitrogen and oxygen atoms in total. The number of hydrogen-bond donors (Lipinski definition) is 1. The lowest BCUT2D eigenvalue weighted by Crippen LogP contribution is -2.44. The predicted molar refractivity (Wildman–Crippen MR) is 179 cm³/mol. The van der Waals surface area contributed by atoms with Gasteiger partial charge in [-0.15, -0.1) is 11.3 Å². The maximum Gasteiger partial charge on any atom is 0.433 e. The molecule has 7 rings (SSSR count). The van der Waals surface area contributed by atoms with Gasteiger partial charge in [0.2, 0.25) is 5.91 Å². The second-order valence-corrected chi connectivity index (χ2v) is 14.2. The number of anilines is 2. The number of likely N-dealkylation sites (N-methyl/N-ethyl adjacent to an activating group) is 1. The lowest BCUT2D eigenvalue weighted by atomic mass is 9.95. The minimum atomic E-state index is -4.99. The fourth-order valence-corrected chi connectivity index (χ4v) is 8.90. The lowest BCUT2D eigenvalue weighted by molar-refractivity contribution is -0.140. The number of aromatic nitrogens is 3. The number of thiophene rings is 1. The van der Waals surface area contributed by atoms with Gasteiger partial charge in [0.15, 0.2) is 11.5 Å². The number of ether oxygens (including phenoxy) is 1. The fraction of sp³-hybridized carbons (Fsp3) is 0.441. The van der Waals surface area contributed by atoms with Crippen LogP contribution in [0.3, 0.4) is 0 Å². The fourth-order valence-electron chi connectivity index (χ4n) is 7.95. The molecule has 3 saturated heterocycles. The molecule has 4 atom stereocenters. The van der Waals surface area contributed by atoms with Crippen LogP contribution < -0.4 is 15.4 Å². The molecule has 0 aliphatic carbocycles. The molecule has 16 heteroatoms. The summed E-state index contributed by atoms with van der Waals surface area (Å²) in [6.07, 6.45) is -2.42. The molecule has 2 N–H and O–H groups in total. The molecule has 3 aliphatic rings. The number of nitrogens with two attached hydrogens (primary N) is 1. The van der Waals surface area contributed by atoms with Crippen molar-refractivity contribution in [2.24, 2.45) is 0 Å². The summed E-state index contributed by atoms with van der Waals surface area (Å²) in [5.41, 5.74) is 3.31.